The molecule has 6 heteroatoms. The summed E-state index contributed by atoms with van der Waals surface area (Å²) in [6, 6.07) is 7.34. The average molecular weight is 272 g/mol. The zero-order valence-corrected chi connectivity index (χ0v) is 9.72. The van der Waals surface area contributed by atoms with Crippen molar-refractivity contribution in [3.05, 3.63) is 40.6 Å². The molecule has 0 atom stereocenters. The third kappa shape index (κ3) is 2.89. The molecule has 18 heavy (non-hydrogen) atoms. The molecule has 0 unspecified atom stereocenters. The minimum absolute atomic E-state index is 0.278. The van der Waals surface area contributed by atoms with Gasteiger partial charge in [0.15, 0.2) is 6.29 Å². The van der Waals surface area contributed by atoms with E-state index in [1.165, 1.54) is 35.6 Å². The number of alkyl halides is 3. The fourth-order valence-electron chi connectivity index (χ4n) is 1.47. The van der Waals surface area contributed by atoms with Gasteiger partial charge in [0.05, 0.1) is 4.88 Å². The molecule has 0 saturated heterocycles. The maximum absolute atomic E-state index is 12.2. The highest BCUT2D eigenvalue weighted by atomic mass is 32.1. The highest BCUT2D eigenvalue weighted by molar-refractivity contribution is 7.12. The topological polar surface area (TPSA) is 26.3 Å². The number of ether oxygens (including phenoxy) is 1. The molecule has 0 amide bonds. The third-order valence-corrected chi connectivity index (χ3v) is 3.02. The quantitative estimate of drug-likeness (QED) is 0.785. The van der Waals surface area contributed by atoms with Crippen molar-refractivity contribution in [2.24, 2.45) is 0 Å². The molecule has 1 heterocycles. The summed E-state index contributed by atoms with van der Waals surface area (Å²) in [6.07, 6.45) is -4.08. The summed E-state index contributed by atoms with van der Waals surface area (Å²) in [5.41, 5.74) is 0.834. The van der Waals surface area contributed by atoms with Gasteiger partial charge in [-0.25, -0.2) is 0 Å². The maximum Gasteiger partial charge on any atom is 0.573 e. The summed E-state index contributed by atoms with van der Waals surface area (Å²) < 4.78 is 40.6. The van der Waals surface area contributed by atoms with Crippen molar-refractivity contribution >= 4 is 17.6 Å². The van der Waals surface area contributed by atoms with E-state index >= 15 is 0 Å². The van der Waals surface area contributed by atoms with E-state index in [1.807, 2.05) is 0 Å². The summed E-state index contributed by atoms with van der Waals surface area (Å²) in [5.74, 6) is -0.278. The Hall–Kier alpha value is -1.82. The normalized spacial score (nSPS) is 11.3. The molecule has 1 aromatic carbocycles. The number of hydrogen-bond donors (Lipinski definition) is 0. The summed E-state index contributed by atoms with van der Waals surface area (Å²) in [4.78, 5) is 11.0. The molecule has 0 aliphatic carbocycles. The van der Waals surface area contributed by atoms with Crippen LogP contribution in [0.1, 0.15) is 9.67 Å². The van der Waals surface area contributed by atoms with E-state index in [1.54, 1.807) is 11.4 Å². The fraction of sp³-hybridized carbons (Fsp3) is 0.0833. The second kappa shape index (κ2) is 4.81. The second-order valence-corrected chi connectivity index (χ2v) is 4.34. The molecule has 2 nitrogen and oxygen atoms in total. The van der Waals surface area contributed by atoms with Crippen LogP contribution in [0.5, 0.6) is 5.75 Å². The fourth-order valence-corrected chi connectivity index (χ4v) is 2.18. The van der Waals surface area contributed by atoms with Gasteiger partial charge in [-0.1, -0.05) is 18.2 Å². The molecule has 0 radical (unpaired) electrons. The Balaban J connectivity index is 2.41. The Kier molecular flexibility index (Phi) is 3.38. The van der Waals surface area contributed by atoms with Crippen molar-refractivity contribution < 1.29 is 22.7 Å². The predicted octanol–water partition coefficient (Wildman–Crippen LogP) is 4.13. The Morgan fingerprint density at radius 2 is 1.94 bits per heavy atom. The van der Waals surface area contributed by atoms with E-state index in [0.29, 0.717) is 22.3 Å². The molecule has 0 fully saturated rings. The molecule has 0 saturated carbocycles. The highest BCUT2D eigenvalue weighted by Gasteiger charge is 2.32. The van der Waals surface area contributed by atoms with Crippen LogP contribution in [0.4, 0.5) is 13.2 Å². The lowest BCUT2D eigenvalue weighted by atomic mass is 10.1. The minimum Gasteiger partial charge on any atom is -0.405 e. The number of benzene rings is 1. The van der Waals surface area contributed by atoms with Crippen LogP contribution in [0.25, 0.3) is 11.1 Å². The lowest BCUT2D eigenvalue weighted by Crippen LogP contribution is -2.17. The van der Waals surface area contributed by atoms with Crippen molar-refractivity contribution in [2.75, 3.05) is 0 Å². The van der Waals surface area contributed by atoms with E-state index in [-0.39, 0.29) is 5.75 Å². The van der Waals surface area contributed by atoms with Crippen LogP contribution in [0.3, 0.4) is 0 Å². The summed E-state index contributed by atoms with van der Waals surface area (Å²) in [5, 5.41) is 1.61. The van der Waals surface area contributed by atoms with E-state index in [9.17, 15) is 18.0 Å². The number of para-hydroxylation sites is 1. The molecule has 0 bridgehead atoms. The number of thiophene rings is 1. The number of hydrogen-bond acceptors (Lipinski definition) is 3. The summed E-state index contributed by atoms with van der Waals surface area (Å²) in [6.45, 7) is 0. The number of carbonyl (C=O) groups excluding carboxylic acids is 1. The third-order valence-electron chi connectivity index (χ3n) is 2.16. The zero-order chi connectivity index (χ0) is 13.2. The molecule has 0 spiro atoms. The predicted molar refractivity (Wildman–Crippen MR) is 61.8 cm³/mol. The minimum atomic E-state index is -4.74. The monoisotopic (exact) mass is 272 g/mol. The number of aldehydes is 1. The highest BCUT2D eigenvalue weighted by Crippen LogP contribution is 2.35. The van der Waals surface area contributed by atoms with Crippen LogP contribution in [0.15, 0.2) is 35.7 Å². The molecule has 94 valence electrons. The van der Waals surface area contributed by atoms with E-state index in [4.69, 9.17) is 0 Å². The van der Waals surface area contributed by atoms with Gasteiger partial charge in [0.1, 0.15) is 5.75 Å². The van der Waals surface area contributed by atoms with Gasteiger partial charge in [-0.2, -0.15) is 0 Å². The number of rotatable bonds is 3. The Labute approximate surface area is 105 Å². The Bertz CT molecular complexity index is 560. The molecule has 2 rings (SSSR count). The van der Waals surface area contributed by atoms with Gasteiger partial charge < -0.3 is 4.74 Å². The molecule has 1 aromatic heterocycles. The SMILES string of the molecule is O=Cc1cc(-c2ccccc2OC(F)(F)F)cs1. The van der Waals surface area contributed by atoms with E-state index in [0.717, 1.165) is 0 Å². The summed E-state index contributed by atoms with van der Waals surface area (Å²) >= 11 is 1.17. The van der Waals surface area contributed by atoms with Crippen molar-refractivity contribution in [2.45, 2.75) is 6.36 Å². The molecule has 0 aliphatic rings. The van der Waals surface area contributed by atoms with Crippen LogP contribution < -0.4 is 4.74 Å². The first-order valence-corrected chi connectivity index (χ1v) is 5.76. The average Bonchev–Trinajstić information content (AvgIpc) is 2.76. The van der Waals surface area contributed by atoms with Crippen molar-refractivity contribution in [3.63, 3.8) is 0 Å². The Morgan fingerprint density at radius 1 is 1.22 bits per heavy atom. The first kappa shape index (κ1) is 12.6. The van der Waals surface area contributed by atoms with Gasteiger partial charge in [0.25, 0.3) is 0 Å². The van der Waals surface area contributed by atoms with Crippen LogP contribution >= 0.6 is 11.3 Å². The van der Waals surface area contributed by atoms with Crippen LogP contribution in [-0.2, 0) is 0 Å². The smallest absolute Gasteiger partial charge is 0.405 e. The second-order valence-electron chi connectivity index (χ2n) is 3.40. The van der Waals surface area contributed by atoms with Crippen molar-refractivity contribution in [3.8, 4) is 16.9 Å². The molecule has 0 N–H and O–H groups in total. The van der Waals surface area contributed by atoms with E-state index in [2.05, 4.69) is 4.74 Å². The van der Waals surface area contributed by atoms with Crippen LogP contribution in [-0.4, -0.2) is 12.6 Å². The van der Waals surface area contributed by atoms with Gasteiger partial charge in [-0.15, -0.1) is 24.5 Å². The first-order valence-electron chi connectivity index (χ1n) is 4.88. The summed E-state index contributed by atoms with van der Waals surface area (Å²) in [7, 11) is 0. The molecular formula is C12H7F3O2S. The van der Waals surface area contributed by atoms with Crippen molar-refractivity contribution in [1.29, 1.82) is 0 Å². The maximum atomic E-state index is 12.2. The lowest BCUT2D eigenvalue weighted by Gasteiger charge is -2.12. The molecular weight excluding hydrogens is 265 g/mol. The largest absolute Gasteiger partial charge is 0.573 e. The standard InChI is InChI=1S/C12H7F3O2S/c13-12(14,15)17-11-4-2-1-3-10(11)8-5-9(6-16)18-7-8/h1-7H. The lowest BCUT2D eigenvalue weighted by molar-refractivity contribution is -0.274. The molecule has 2 aromatic rings. The van der Waals surface area contributed by atoms with Gasteiger partial charge >= 0.3 is 6.36 Å². The van der Waals surface area contributed by atoms with Gasteiger partial charge in [-0.3, -0.25) is 4.79 Å². The van der Waals surface area contributed by atoms with Gasteiger partial charge in [0, 0.05) is 5.56 Å². The van der Waals surface area contributed by atoms with Crippen molar-refractivity contribution in [1.82, 2.24) is 0 Å². The Morgan fingerprint density at radius 3 is 2.56 bits per heavy atom. The van der Waals surface area contributed by atoms with E-state index < -0.39 is 6.36 Å². The van der Waals surface area contributed by atoms with Crippen LogP contribution in [0.2, 0.25) is 0 Å². The van der Waals surface area contributed by atoms with Gasteiger partial charge in [0.2, 0.25) is 0 Å². The van der Waals surface area contributed by atoms with Gasteiger partial charge in [-0.05, 0) is 23.1 Å². The molecule has 0 aliphatic heterocycles. The van der Waals surface area contributed by atoms with Crippen LogP contribution in [0, 0.1) is 0 Å². The first-order chi connectivity index (χ1) is 8.49. The number of carbonyl (C=O) groups is 1. The number of halogens is 3. The zero-order valence-electron chi connectivity index (χ0n) is 8.90.